The summed E-state index contributed by atoms with van der Waals surface area (Å²) in [5.41, 5.74) is 1.39. The van der Waals surface area contributed by atoms with Crippen LogP contribution in [0.5, 0.6) is 0 Å². The lowest BCUT2D eigenvalue weighted by molar-refractivity contribution is -0.107. The van der Waals surface area contributed by atoms with Crippen molar-refractivity contribution in [3.05, 3.63) is 41.1 Å². The largest absolute Gasteiger partial charge is 0.465 e. The average molecular weight is 263 g/mol. The third-order valence-electron chi connectivity index (χ3n) is 2.28. The van der Waals surface area contributed by atoms with Gasteiger partial charge < -0.3 is 10.1 Å². The van der Waals surface area contributed by atoms with Crippen molar-refractivity contribution in [2.24, 2.45) is 0 Å². The molecule has 0 atom stereocenters. The number of thioether (sulfide) groups is 1. The Hall–Kier alpha value is -2.08. The van der Waals surface area contributed by atoms with Crippen LogP contribution in [0.1, 0.15) is 15.9 Å². The minimum atomic E-state index is -0.421. The summed E-state index contributed by atoms with van der Waals surface area (Å²) in [6, 6.07) is 6.52. The molecule has 0 unspecified atom stereocenters. The fraction of sp³-hybridized carbons (Fsp3) is 0.0833. The highest BCUT2D eigenvalue weighted by molar-refractivity contribution is 8.27. The summed E-state index contributed by atoms with van der Waals surface area (Å²) in [6.07, 6.45) is 1.56. The van der Waals surface area contributed by atoms with Crippen LogP contribution in [-0.2, 0) is 9.53 Å². The fourth-order valence-corrected chi connectivity index (χ4v) is 1.97. The smallest absolute Gasteiger partial charge is 0.337 e. The van der Waals surface area contributed by atoms with Crippen LogP contribution in [0.25, 0.3) is 6.08 Å². The summed E-state index contributed by atoms with van der Waals surface area (Å²) in [7, 11) is 1.31. The van der Waals surface area contributed by atoms with E-state index in [2.05, 4.69) is 10.1 Å². The molecular weight excluding hydrogens is 254 g/mol. The molecule has 5 nitrogen and oxygen atoms in total. The van der Waals surface area contributed by atoms with Crippen LogP contribution in [0.2, 0.25) is 0 Å². The molecule has 0 saturated carbocycles. The van der Waals surface area contributed by atoms with Gasteiger partial charge in [-0.25, -0.2) is 4.79 Å². The Bertz CT molecular complexity index is 548. The molecule has 0 bridgehead atoms. The summed E-state index contributed by atoms with van der Waals surface area (Å²) >= 11 is 0.628. The first kappa shape index (κ1) is 12.4. The molecule has 0 radical (unpaired) electrons. The zero-order valence-corrected chi connectivity index (χ0v) is 10.2. The highest BCUT2D eigenvalue weighted by Gasteiger charge is 2.25. The second-order valence-corrected chi connectivity index (χ2v) is 4.42. The molecule has 1 aliphatic rings. The van der Waals surface area contributed by atoms with Gasteiger partial charge in [0.2, 0.25) is 5.12 Å². The maximum absolute atomic E-state index is 11.3. The highest BCUT2D eigenvalue weighted by Crippen LogP contribution is 2.20. The van der Waals surface area contributed by atoms with Crippen molar-refractivity contribution in [1.29, 1.82) is 0 Å². The van der Waals surface area contributed by atoms with Gasteiger partial charge in [0.05, 0.1) is 18.4 Å². The minimum absolute atomic E-state index is 0.246. The van der Waals surface area contributed by atoms with Gasteiger partial charge in [-0.2, -0.15) is 0 Å². The topological polar surface area (TPSA) is 72.5 Å². The molecule has 2 rings (SSSR count). The van der Waals surface area contributed by atoms with Gasteiger partial charge in [0.25, 0.3) is 5.24 Å². The third-order valence-corrected chi connectivity index (χ3v) is 2.98. The Morgan fingerprint density at radius 2 is 1.94 bits per heavy atom. The molecule has 1 heterocycles. The second-order valence-electron chi connectivity index (χ2n) is 3.47. The van der Waals surface area contributed by atoms with Crippen LogP contribution >= 0.6 is 11.8 Å². The highest BCUT2D eigenvalue weighted by atomic mass is 32.2. The van der Waals surface area contributed by atoms with Gasteiger partial charge in [0.1, 0.15) is 0 Å². The van der Waals surface area contributed by atoms with Gasteiger partial charge in [0, 0.05) is 11.8 Å². The third kappa shape index (κ3) is 2.60. The van der Waals surface area contributed by atoms with Gasteiger partial charge >= 0.3 is 5.97 Å². The second kappa shape index (κ2) is 5.05. The van der Waals surface area contributed by atoms with E-state index < -0.39 is 5.97 Å². The lowest BCUT2D eigenvalue weighted by Gasteiger charge is -2.00. The van der Waals surface area contributed by atoms with Crippen molar-refractivity contribution in [3.8, 4) is 0 Å². The van der Waals surface area contributed by atoms with E-state index in [0.717, 1.165) is 0 Å². The fourth-order valence-electron chi connectivity index (χ4n) is 1.42. The molecule has 1 fully saturated rings. The van der Waals surface area contributed by atoms with Crippen LogP contribution in [0.4, 0.5) is 4.79 Å². The number of carbonyl (C=O) groups is 3. The van der Waals surface area contributed by atoms with Crippen molar-refractivity contribution >= 4 is 34.2 Å². The molecule has 1 aromatic carbocycles. The van der Waals surface area contributed by atoms with Gasteiger partial charge in [0.15, 0.2) is 0 Å². The Balaban J connectivity index is 2.21. The number of rotatable bonds is 2. The maximum atomic E-state index is 11.3. The van der Waals surface area contributed by atoms with Gasteiger partial charge in [-0.1, -0.05) is 12.1 Å². The van der Waals surface area contributed by atoms with E-state index in [0.29, 0.717) is 22.9 Å². The molecule has 6 heteroatoms. The molecule has 1 aromatic rings. The number of ether oxygens (including phenoxy) is 1. The molecule has 0 aliphatic carbocycles. The monoisotopic (exact) mass is 263 g/mol. The van der Waals surface area contributed by atoms with Crippen molar-refractivity contribution in [2.45, 2.75) is 0 Å². The number of hydrogen-bond acceptors (Lipinski definition) is 5. The molecule has 1 amide bonds. The van der Waals surface area contributed by atoms with E-state index in [1.165, 1.54) is 7.11 Å². The quantitative estimate of drug-likeness (QED) is 0.650. The summed E-state index contributed by atoms with van der Waals surface area (Å²) in [4.78, 5) is 33.5. The number of amides is 1. The van der Waals surface area contributed by atoms with E-state index in [4.69, 9.17) is 0 Å². The number of benzene rings is 1. The first-order valence-electron chi connectivity index (χ1n) is 5.03. The number of hydrogen-bond donors (Lipinski definition) is 1. The molecule has 92 valence electrons. The predicted molar refractivity (Wildman–Crippen MR) is 66.9 cm³/mol. The van der Waals surface area contributed by atoms with Crippen LogP contribution in [0, 0.1) is 0 Å². The van der Waals surface area contributed by atoms with E-state index in [1.807, 2.05) is 0 Å². The van der Waals surface area contributed by atoms with Crippen molar-refractivity contribution in [3.63, 3.8) is 0 Å². The molecular formula is C12H9NO4S. The van der Waals surface area contributed by atoms with E-state index in [-0.39, 0.29) is 16.1 Å². The SMILES string of the molecule is COC(=O)c1ccc(C=C2NC(=O)SC2=O)cc1. The molecule has 0 aromatic heterocycles. The molecule has 0 spiro atoms. The van der Waals surface area contributed by atoms with E-state index >= 15 is 0 Å². The van der Waals surface area contributed by atoms with Crippen LogP contribution < -0.4 is 5.32 Å². The Morgan fingerprint density at radius 1 is 1.28 bits per heavy atom. The Morgan fingerprint density at radius 3 is 2.44 bits per heavy atom. The van der Waals surface area contributed by atoms with Crippen LogP contribution in [0.15, 0.2) is 30.0 Å². The van der Waals surface area contributed by atoms with Gasteiger partial charge in [-0.05, 0) is 23.8 Å². The summed E-state index contributed by atoms with van der Waals surface area (Å²) in [5.74, 6) is -0.421. The average Bonchev–Trinajstić information content (AvgIpc) is 2.68. The maximum Gasteiger partial charge on any atom is 0.337 e. The van der Waals surface area contributed by atoms with Crippen molar-refractivity contribution in [1.82, 2.24) is 5.32 Å². The van der Waals surface area contributed by atoms with Crippen molar-refractivity contribution < 1.29 is 19.1 Å². The Labute approximate surface area is 107 Å². The normalized spacial score (nSPS) is 16.8. The van der Waals surface area contributed by atoms with E-state index in [9.17, 15) is 14.4 Å². The zero-order chi connectivity index (χ0) is 13.1. The minimum Gasteiger partial charge on any atom is -0.465 e. The first-order valence-corrected chi connectivity index (χ1v) is 5.85. The van der Waals surface area contributed by atoms with E-state index in [1.54, 1.807) is 30.3 Å². The standard InChI is InChI=1S/C12H9NO4S/c1-17-10(14)8-4-2-7(3-5-8)6-9-11(15)18-12(16)13-9/h2-6H,1H3,(H,13,16). The number of carbonyl (C=O) groups excluding carboxylic acids is 3. The predicted octanol–water partition coefficient (Wildman–Crippen LogP) is 1.80. The lowest BCUT2D eigenvalue weighted by atomic mass is 10.1. The summed E-state index contributed by atoms with van der Waals surface area (Å²) in [5, 5.41) is 1.76. The zero-order valence-electron chi connectivity index (χ0n) is 9.43. The van der Waals surface area contributed by atoms with Crippen LogP contribution in [-0.4, -0.2) is 23.4 Å². The molecule has 1 saturated heterocycles. The first-order chi connectivity index (χ1) is 8.60. The lowest BCUT2D eigenvalue weighted by Crippen LogP contribution is -2.10. The van der Waals surface area contributed by atoms with Crippen LogP contribution in [0.3, 0.4) is 0 Å². The number of nitrogens with one attached hydrogen (secondary N) is 1. The van der Waals surface area contributed by atoms with Gasteiger partial charge in [-0.15, -0.1) is 0 Å². The molecule has 1 aliphatic heterocycles. The summed E-state index contributed by atoms with van der Waals surface area (Å²) < 4.78 is 4.57. The Kier molecular flexibility index (Phi) is 3.47. The molecule has 1 N–H and O–H groups in total. The molecule has 18 heavy (non-hydrogen) atoms. The number of methoxy groups -OCH3 is 1. The summed E-state index contributed by atoms with van der Waals surface area (Å²) in [6.45, 7) is 0. The van der Waals surface area contributed by atoms with Gasteiger partial charge in [-0.3, -0.25) is 9.59 Å². The van der Waals surface area contributed by atoms with Crippen molar-refractivity contribution in [2.75, 3.05) is 7.11 Å². The number of esters is 1.